The monoisotopic (exact) mass is 312 g/mol. The van der Waals surface area contributed by atoms with Crippen LogP contribution in [0.5, 0.6) is 5.75 Å². The maximum absolute atomic E-state index is 11.7. The standard InChI is InChI=1S/C19H20O4/c1-13-15(9-12-19(21)23-14(2)22-3)5-4-6-18(13)16-7-10-17(20)11-8-16/h4-12,14,20H,1-3H3. The summed E-state index contributed by atoms with van der Waals surface area (Å²) in [6.07, 6.45) is 2.54. The van der Waals surface area contributed by atoms with Gasteiger partial charge in [-0.15, -0.1) is 0 Å². The number of esters is 1. The first kappa shape index (κ1) is 16.8. The second-order valence-corrected chi connectivity index (χ2v) is 5.14. The van der Waals surface area contributed by atoms with E-state index in [1.165, 1.54) is 13.2 Å². The van der Waals surface area contributed by atoms with Gasteiger partial charge in [-0.3, -0.25) is 0 Å². The summed E-state index contributed by atoms with van der Waals surface area (Å²) in [5.41, 5.74) is 4.02. The molecule has 4 heteroatoms. The van der Waals surface area contributed by atoms with Gasteiger partial charge in [0.1, 0.15) is 5.75 Å². The van der Waals surface area contributed by atoms with Crippen LogP contribution in [-0.4, -0.2) is 24.5 Å². The largest absolute Gasteiger partial charge is 0.508 e. The van der Waals surface area contributed by atoms with E-state index in [9.17, 15) is 9.90 Å². The Kier molecular flexibility index (Phi) is 5.55. The van der Waals surface area contributed by atoms with Crippen LogP contribution in [0.15, 0.2) is 48.5 Å². The maximum Gasteiger partial charge on any atom is 0.333 e. The van der Waals surface area contributed by atoms with Gasteiger partial charge in [0.25, 0.3) is 0 Å². The summed E-state index contributed by atoms with van der Waals surface area (Å²) in [4.78, 5) is 11.7. The quantitative estimate of drug-likeness (QED) is 0.516. The number of hydrogen-bond donors (Lipinski definition) is 1. The van der Waals surface area contributed by atoms with E-state index in [-0.39, 0.29) is 5.75 Å². The maximum atomic E-state index is 11.7. The number of carbonyl (C=O) groups excluding carboxylic acids is 1. The molecule has 0 aliphatic heterocycles. The molecule has 0 aromatic heterocycles. The minimum Gasteiger partial charge on any atom is -0.508 e. The molecule has 23 heavy (non-hydrogen) atoms. The van der Waals surface area contributed by atoms with Gasteiger partial charge in [0, 0.05) is 13.2 Å². The number of rotatable bonds is 5. The summed E-state index contributed by atoms with van der Waals surface area (Å²) in [7, 11) is 1.48. The van der Waals surface area contributed by atoms with Gasteiger partial charge in [-0.1, -0.05) is 30.3 Å². The van der Waals surface area contributed by atoms with E-state index in [4.69, 9.17) is 9.47 Å². The van der Waals surface area contributed by atoms with E-state index >= 15 is 0 Å². The first-order chi connectivity index (χ1) is 11.0. The van der Waals surface area contributed by atoms with Gasteiger partial charge in [0.15, 0.2) is 6.29 Å². The third kappa shape index (κ3) is 4.44. The predicted molar refractivity (Wildman–Crippen MR) is 89.9 cm³/mol. The smallest absolute Gasteiger partial charge is 0.333 e. The fourth-order valence-corrected chi connectivity index (χ4v) is 2.20. The molecular weight excluding hydrogens is 292 g/mol. The molecule has 0 heterocycles. The molecule has 2 rings (SSSR count). The Morgan fingerprint density at radius 2 is 1.87 bits per heavy atom. The van der Waals surface area contributed by atoms with Crippen LogP contribution in [-0.2, 0) is 14.3 Å². The zero-order valence-corrected chi connectivity index (χ0v) is 13.4. The van der Waals surface area contributed by atoms with Crippen molar-refractivity contribution in [2.75, 3.05) is 7.11 Å². The van der Waals surface area contributed by atoms with E-state index in [1.54, 1.807) is 25.1 Å². The van der Waals surface area contributed by atoms with Gasteiger partial charge >= 0.3 is 5.97 Å². The fourth-order valence-electron chi connectivity index (χ4n) is 2.20. The highest BCUT2D eigenvalue weighted by atomic mass is 16.7. The molecule has 0 spiro atoms. The summed E-state index contributed by atoms with van der Waals surface area (Å²) >= 11 is 0. The molecule has 0 saturated heterocycles. The highest BCUT2D eigenvalue weighted by Crippen LogP contribution is 2.27. The summed E-state index contributed by atoms with van der Waals surface area (Å²) in [6, 6.07) is 12.9. The van der Waals surface area contributed by atoms with Crippen molar-refractivity contribution in [3.8, 4) is 16.9 Å². The van der Waals surface area contributed by atoms with Crippen LogP contribution >= 0.6 is 0 Å². The van der Waals surface area contributed by atoms with Crippen molar-refractivity contribution in [2.45, 2.75) is 20.1 Å². The molecule has 2 aromatic rings. The van der Waals surface area contributed by atoms with Crippen molar-refractivity contribution in [2.24, 2.45) is 0 Å². The topological polar surface area (TPSA) is 55.8 Å². The average molecular weight is 312 g/mol. The molecule has 0 radical (unpaired) electrons. The van der Waals surface area contributed by atoms with Crippen LogP contribution in [0, 0.1) is 6.92 Å². The zero-order valence-electron chi connectivity index (χ0n) is 13.4. The second kappa shape index (κ2) is 7.61. The highest BCUT2D eigenvalue weighted by Gasteiger charge is 2.07. The number of aromatic hydroxyl groups is 1. The molecule has 4 nitrogen and oxygen atoms in total. The fraction of sp³-hybridized carbons (Fsp3) is 0.211. The number of phenols is 1. The van der Waals surface area contributed by atoms with Gasteiger partial charge < -0.3 is 14.6 Å². The van der Waals surface area contributed by atoms with Crippen molar-refractivity contribution < 1.29 is 19.4 Å². The lowest BCUT2D eigenvalue weighted by molar-refractivity contribution is -0.163. The molecule has 1 unspecified atom stereocenters. The molecule has 120 valence electrons. The Hall–Kier alpha value is -2.59. The lowest BCUT2D eigenvalue weighted by Gasteiger charge is -2.10. The highest BCUT2D eigenvalue weighted by molar-refractivity contribution is 5.88. The number of phenolic OH excluding ortho intramolecular Hbond substituents is 1. The van der Waals surface area contributed by atoms with Crippen molar-refractivity contribution >= 4 is 12.0 Å². The molecule has 0 saturated carbocycles. The third-order valence-corrected chi connectivity index (χ3v) is 3.57. The Bertz CT molecular complexity index is 702. The molecule has 0 bridgehead atoms. The van der Waals surface area contributed by atoms with Crippen molar-refractivity contribution in [1.82, 2.24) is 0 Å². The number of ether oxygens (including phenoxy) is 2. The Morgan fingerprint density at radius 1 is 1.17 bits per heavy atom. The molecule has 0 aliphatic rings. The van der Waals surface area contributed by atoms with Gasteiger partial charge in [0.2, 0.25) is 0 Å². The molecule has 1 N–H and O–H groups in total. The van der Waals surface area contributed by atoms with E-state index in [1.807, 2.05) is 37.3 Å². The average Bonchev–Trinajstić information content (AvgIpc) is 2.54. The van der Waals surface area contributed by atoms with E-state index in [0.717, 1.165) is 22.3 Å². The first-order valence-electron chi connectivity index (χ1n) is 7.31. The minimum atomic E-state index is -0.573. The Labute approximate surface area is 136 Å². The van der Waals surface area contributed by atoms with Crippen LogP contribution < -0.4 is 0 Å². The lowest BCUT2D eigenvalue weighted by atomic mass is 9.96. The lowest BCUT2D eigenvalue weighted by Crippen LogP contribution is -2.14. The van der Waals surface area contributed by atoms with Crippen LogP contribution in [0.4, 0.5) is 0 Å². The van der Waals surface area contributed by atoms with Crippen LogP contribution in [0.1, 0.15) is 18.1 Å². The number of hydrogen-bond acceptors (Lipinski definition) is 4. The van der Waals surface area contributed by atoms with Crippen LogP contribution in [0.25, 0.3) is 17.2 Å². The van der Waals surface area contributed by atoms with Gasteiger partial charge in [-0.05, 0) is 54.3 Å². The van der Waals surface area contributed by atoms with Gasteiger partial charge in [0.05, 0.1) is 0 Å². The van der Waals surface area contributed by atoms with Crippen LogP contribution in [0.3, 0.4) is 0 Å². The van der Waals surface area contributed by atoms with E-state index in [0.29, 0.717) is 0 Å². The third-order valence-electron chi connectivity index (χ3n) is 3.57. The predicted octanol–water partition coefficient (Wildman–Crippen LogP) is 3.92. The van der Waals surface area contributed by atoms with Crippen molar-refractivity contribution in [3.05, 3.63) is 59.7 Å². The molecule has 2 aromatic carbocycles. The summed E-state index contributed by atoms with van der Waals surface area (Å²) in [5, 5.41) is 9.39. The molecule has 0 fully saturated rings. The molecule has 0 aliphatic carbocycles. The normalized spacial score (nSPS) is 12.3. The second-order valence-electron chi connectivity index (χ2n) is 5.14. The Balaban J connectivity index is 2.23. The van der Waals surface area contributed by atoms with Crippen LogP contribution in [0.2, 0.25) is 0 Å². The number of methoxy groups -OCH3 is 1. The summed E-state index contributed by atoms with van der Waals surface area (Å²) in [6.45, 7) is 3.65. The Morgan fingerprint density at radius 3 is 2.52 bits per heavy atom. The van der Waals surface area contributed by atoms with E-state index < -0.39 is 12.3 Å². The van der Waals surface area contributed by atoms with Crippen molar-refractivity contribution in [3.63, 3.8) is 0 Å². The number of carbonyl (C=O) groups is 1. The SMILES string of the molecule is COC(C)OC(=O)C=Cc1cccc(-c2ccc(O)cc2)c1C. The zero-order chi connectivity index (χ0) is 16.8. The van der Waals surface area contributed by atoms with E-state index in [2.05, 4.69) is 0 Å². The number of benzene rings is 2. The molecular formula is C19H20O4. The summed E-state index contributed by atoms with van der Waals surface area (Å²) < 4.78 is 9.90. The van der Waals surface area contributed by atoms with Gasteiger partial charge in [-0.2, -0.15) is 0 Å². The van der Waals surface area contributed by atoms with Crippen molar-refractivity contribution in [1.29, 1.82) is 0 Å². The first-order valence-corrected chi connectivity index (χ1v) is 7.31. The molecule has 0 amide bonds. The van der Waals surface area contributed by atoms with Gasteiger partial charge in [-0.25, -0.2) is 4.79 Å². The molecule has 1 atom stereocenters. The minimum absolute atomic E-state index is 0.234. The summed E-state index contributed by atoms with van der Waals surface area (Å²) in [5.74, 6) is -0.216.